The first-order valence-corrected chi connectivity index (χ1v) is 8.08. The molecule has 8 heteroatoms. The molecule has 24 heavy (non-hydrogen) atoms. The van der Waals surface area contributed by atoms with Gasteiger partial charge in [-0.15, -0.1) is 0 Å². The molecule has 0 fully saturated rings. The van der Waals surface area contributed by atoms with Crippen LogP contribution < -0.4 is 5.32 Å². The Morgan fingerprint density at radius 2 is 1.83 bits per heavy atom. The monoisotopic (exact) mass is 396 g/mol. The van der Waals surface area contributed by atoms with Crippen LogP contribution in [0.5, 0.6) is 0 Å². The second-order valence-electron chi connectivity index (χ2n) is 6.21. The van der Waals surface area contributed by atoms with E-state index in [0.29, 0.717) is 4.47 Å². The van der Waals surface area contributed by atoms with E-state index in [-0.39, 0.29) is 24.0 Å². The van der Waals surface area contributed by atoms with E-state index in [1.165, 1.54) is 6.07 Å². The number of halogens is 1. The van der Waals surface area contributed by atoms with Gasteiger partial charge in [-0.25, -0.2) is 0 Å². The molecule has 0 spiro atoms. The maximum atomic E-state index is 12.3. The second-order valence-corrected chi connectivity index (χ2v) is 7.13. The highest BCUT2D eigenvalue weighted by atomic mass is 79.9. The molecule has 1 aromatic carbocycles. The highest BCUT2D eigenvalue weighted by molar-refractivity contribution is 9.10. The molecule has 0 atom stereocenters. The zero-order valence-corrected chi connectivity index (χ0v) is 14.8. The number of carboxylic acids is 1. The Kier molecular flexibility index (Phi) is 5.08. The van der Waals surface area contributed by atoms with Crippen molar-refractivity contribution in [2.75, 3.05) is 6.54 Å². The third kappa shape index (κ3) is 4.00. The molecule has 1 aliphatic rings. The summed E-state index contributed by atoms with van der Waals surface area (Å²) < 4.78 is 0.670. The zero-order chi connectivity index (χ0) is 18.1. The van der Waals surface area contributed by atoms with Crippen LogP contribution in [-0.4, -0.2) is 45.8 Å². The maximum Gasteiger partial charge on any atom is 0.303 e. The molecule has 0 radical (unpaired) electrons. The number of nitrogens with zero attached hydrogens (tertiary/aromatic N) is 1. The number of rotatable bonds is 6. The van der Waals surface area contributed by atoms with Crippen molar-refractivity contribution >= 4 is 39.6 Å². The summed E-state index contributed by atoms with van der Waals surface area (Å²) in [7, 11) is 0. The molecule has 1 heterocycles. The average Bonchev–Trinajstić information content (AvgIpc) is 2.69. The molecule has 1 aliphatic heterocycles. The minimum Gasteiger partial charge on any atom is -0.481 e. The van der Waals surface area contributed by atoms with Crippen LogP contribution in [0.4, 0.5) is 0 Å². The van der Waals surface area contributed by atoms with Crippen molar-refractivity contribution in [1.82, 2.24) is 10.2 Å². The molecule has 3 amide bonds. The van der Waals surface area contributed by atoms with Crippen molar-refractivity contribution in [1.29, 1.82) is 0 Å². The quantitative estimate of drug-likeness (QED) is 0.713. The number of aliphatic carboxylic acids is 1. The third-order valence-electron chi connectivity index (χ3n) is 3.68. The molecule has 0 unspecified atom stereocenters. The fraction of sp³-hybridized carbons (Fsp3) is 0.375. The third-order valence-corrected chi connectivity index (χ3v) is 4.17. The van der Waals surface area contributed by atoms with Gasteiger partial charge >= 0.3 is 5.97 Å². The molecular weight excluding hydrogens is 380 g/mol. The van der Waals surface area contributed by atoms with Crippen LogP contribution in [0.15, 0.2) is 22.7 Å². The summed E-state index contributed by atoms with van der Waals surface area (Å²) in [6.07, 6.45) is 0.150. The minimum atomic E-state index is -0.955. The minimum absolute atomic E-state index is 0.0890. The van der Waals surface area contributed by atoms with Gasteiger partial charge in [0.15, 0.2) is 0 Å². The molecule has 0 aliphatic carbocycles. The largest absolute Gasteiger partial charge is 0.481 e. The lowest BCUT2D eigenvalue weighted by molar-refractivity contribution is -0.137. The average molecular weight is 397 g/mol. The first kappa shape index (κ1) is 18.1. The molecule has 2 rings (SSSR count). The molecule has 0 aromatic heterocycles. The molecule has 0 saturated carbocycles. The molecule has 1 aromatic rings. The van der Waals surface area contributed by atoms with E-state index in [9.17, 15) is 19.2 Å². The van der Waals surface area contributed by atoms with Crippen LogP contribution in [0.3, 0.4) is 0 Å². The van der Waals surface area contributed by atoms with Crippen molar-refractivity contribution in [3.8, 4) is 0 Å². The number of amides is 3. The highest BCUT2D eigenvalue weighted by Gasteiger charge is 2.37. The molecular formula is C16H17BrN2O5. The summed E-state index contributed by atoms with van der Waals surface area (Å²) >= 11 is 3.24. The van der Waals surface area contributed by atoms with Gasteiger partial charge < -0.3 is 10.4 Å². The lowest BCUT2D eigenvalue weighted by Gasteiger charge is -2.26. The maximum absolute atomic E-state index is 12.3. The Morgan fingerprint density at radius 3 is 2.46 bits per heavy atom. The van der Waals surface area contributed by atoms with Gasteiger partial charge in [-0.2, -0.15) is 0 Å². The van der Waals surface area contributed by atoms with E-state index in [2.05, 4.69) is 21.2 Å². The SMILES string of the molecule is CC(C)(CCC(=O)O)NC(=O)CN1C(=O)c2ccc(Br)cc2C1=O. The Bertz CT molecular complexity index is 729. The van der Waals surface area contributed by atoms with Crippen molar-refractivity contribution in [3.05, 3.63) is 33.8 Å². The number of hydrogen-bond acceptors (Lipinski definition) is 4. The van der Waals surface area contributed by atoms with Crippen molar-refractivity contribution in [2.24, 2.45) is 0 Å². The Hall–Kier alpha value is -2.22. The summed E-state index contributed by atoms with van der Waals surface area (Å²) in [6.45, 7) is 2.97. The molecule has 2 N–H and O–H groups in total. The summed E-state index contributed by atoms with van der Waals surface area (Å²) in [5, 5.41) is 11.4. The van der Waals surface area contributed by atoms with Gasteiger partial charge in [0.2, 0.25) is 5.91 Å². The van der Waals surface area contributed by atoms with Crippen LogP contribution in [0.1, 0.15) is 47.4 Å². The molecule has 128 valence electrons. The molecule has 0 bridgehead atoms. The van der Waals surface area contributed by atoms with Gasteiger partial charge in [0.25, 0.3) is 11.8 Å². The van der Waals surface area contributed by atoms with E-state index in [1.54, 1.807) is 26.0 Å². The molecule has 0 saturated heterocycles. The van der Waals surface area contributed by atoms with E-state index in [1.807, 2.05) is 0 Å². The van der Waals surface area contributed by atoms with Crippen molar-refractivity contribution < 1.29 is 24.3 Å². The summed E-state index contributed by atoms with van der Waals surface area (Å²) in [5.41, 5.74) is -0.231. The second kappa shape index (κ2) is 6.72. The van der Waals surface area contributed by atoms with E-state index >= 15 is 0 Å². The number of carbonyl (C=O) groups is 4. The van der Waals surface area contributed by atoms with Crippen LogP contribution in [0.2, 0.25) is 0 Å². The van der Waals surface area contributed by atoms with Gasteiger partial charge in [-0.05, 0) is 38.5 Å². The van der Waals surface area contributed by atoms with E-state index < -0.39 is 35.8 Å². The molecule has 7 nitrogen and oxygen atoms in total. The predicted octanol–water partition coefficient (Wildman–Crippen LogP) is 1.80. The normalized spacial score (nSPS) is 13.9. The van der Waals surface area contributed by atoms with Gasteiger partial charge in [0.1, 0.15) is 6.54 Å². The number of imide groups is 1. The van der Waals surface area contributed by atoms with Crippen LogP contribution >= 0.6 is 15.9 Å². The number of nitrogens with one attached hydrogen (secondary N) is 1. The summed E-state index contributed by atoms with van der Waals surface area (Å²) in [5.74, 6) is -2.50. The van der Waals surface area contributed by atoms with Gasteiger partial charge in [-0.1, -0.05) is 15.9 Å². The van der Waals surface area contributed by atoms with Crippen LogP contribution in [0.25, 0.3) is 0 Å². The Labute approximate surface area is 147 Å². The first-order valence-electron chi connectivity index (χ1n) is 7.29. The topological polar surface area (TPSA) is 104 Å². The summed E-state index contributed by atoms with van der Waals surface area (Å²) in [6, 6.07) is 4.74. The van der Waals surface area contributed by atoms with Crippen molar-refractivity contribution in [3.63, 3.8) is 0 Å². The fourth-order valence-corrected chi connectivity index (χ4v) is 2.81. The number of hydrogen-bond donors (Lipinski definition) is 2. The highest BCUT2D eigenvalue weighted by Crippen LogP contribution is 2.25. The lowest BCUT2D eigenvalue weighted by Crippen LogP contribution is -2.49. The van der Waals surface area contributed by atoms with Crippen LogP contribution in [0, 0.1) is 0 Å². The standard InChI is InChI=1S/C16H17BrN2O5/c1-16(2,6-5-13(21)22)18-12(20)8-19-14(23)10-4-3-9(17)7-11(10)15(19)24/h3-4,7H,5-6,8H2,1-2H3,(H,18,20)(H,21,22). The smallest absolute Gasteiger partial charge is 0.303 e. The number of carboxylic acid groups (broad SMARTS) is 1. The summed E-state index contributed by atoms with van der Waals surface area (Å²) in [4.78, 5) is 48.2. The van der Waals surface area contributed by atoms with E-state index in [0.717, 1.165) is 4.90 Å². The predicted molar refractivity (Wildman–Crippen MR) is 88.6 cm³/mol. The number of benzene rings is 1. The lowest BCUT2D eigenvalue weighted by atomic mass is 9.98. The van der Waals surface area contributed by atoms with Crippen LogP contribution in [-0.2, 0) is 9.59 Å². The van der Waals surface area contributed by atoms with Crippen molar-refractivity contribution in [2.45, 2.75) is 32.2 Å². The fourth-order valence-electron chi connectivity index (χ4n) is 2.45. The Morgan fingerprint density at radius 1 is 1.21 bits per heavy atom. The number of carbonyl (C=O) groups excluding carboxylic acids is 3. The first-order chi connectivity index (χ1) is 11.1. The van der Waals surface area contributed by atoms with Gasteiger partial charge in [0.05, 0.1) is 11.1 Å². The Balaban J connectivity index is 2.04. The van der Waals surface area contributed by atoms with Gasteiger partial charge in [0, 0.05) is 16.4 Å². The zero-order valence-electron chi connectivity index (χ0n) is 13.3. The van der Waals surface area contributed by atoms with Gasteiger partial charge in [-0.3, -0.25) is 24.1 Å². The number of fused-ring (bicyclic) bond motifs is 1. The van der Waals surface area contributed by atoms with E-state index in [4.69, 9.17) is 5.11 Å².